The number of hydrogen-bond donors (Lipinski definition) is 1. The first-order valence-electron chi connectivity index (χ1n) is 8.78. The highest BCUT2D eigenvalue weighted by atomic mass is 16.5. The fourth-order valence-electron chi connectivity index (χ4n) is 3.17. The van der Waals surface area contributed by atoms with Gasteiger partial charge in [0.1, 0.15) is 5.75 Å². The van der Waals surface area contributed by atoms with E-state index < -0.39 is 0 Å². The summed E-state index contributed by atoms with van der Waals surface area (Å²) in [4.78, 5) is 12.0. The maximum absolute atomic E-state index is 12.0. The summed E-state index contributed by atoms with van der Waals surface area (Å²) in [6.45, 7) is 2.80. The van der Waals surface area contributed by atoms with Crippen molar-refractivity contribution in [3.05, 3.63) is 65.2 Å². The van der Waals surface area contributed by atoms with Gasteiger partial charge in [-0.25, -0.2) is 0 Å². The number of amides is 1. The van der Waals surface area contributed by atoms with Crippen molar-refractivity contribution in [2.24, 2.45) is 0 Å². The molecular weight excluding hydrogens is 298 g/mol. The molecule has 0 heterocycles. The largest absolute Gasteiger partial charge is 0.484 e. The van der Waals surface area contributed by atoms with Crippen molar-refractivity contribution in [3.63, 3.8) is 0 Å². The Morgan fingerprint density at radius 3 is 2.62 bits per heavy atom. The molecule has 0 aliphatic heterocycles. The second kappa shape index (κ2) is 8.00. The number of nitrogens with one attached hydrogen (secondary N) is 1. The Morgan fingerprint density at radius 2 is 1.83 bits per heavy atom. The molecule has 3 rings (SSSR count). The van der Waals surface area contributed by atoms with Crippen molar-refractivity contribution in [2.45, 2.75) is 38.5 Å². The number of rotatable bonds is 6. The minimum Gasteiger partial charge on any atom is -0.484 e. The Hall–Kier alpha value is -2.29. The van der Waals surface area contributed by atoms with Gasteiger partial charge >= 0.3 is 0 Å². The molecule has 3 heteroatoms. The molecular formula is C21H25NO2. The van der Waals surface area contributed by atoms with Crippen LogP contribution in [0.1, 0.15) is 42.4 Å². The van der Waals surface area contributed by atoms with E-state index in [1.54, 1.807) is 0 Å². The van der Waals surface area contributed by atoms with Crippen LogP contribution in [-0.4, -0.2) is 19.1 Å². The van der Waals surface area contributed by atoms with Gasteiger partial charge in [-0.3, -0.25) is 4.79 Å². The van der Waals surface area contributed by atoms with Crippen molar-refractivity contribution < 1.29 is 9.53 Å². The average Bonchev–Trinajstić information content (AvgIpc) is 2.65. The third kappa shape index (κ3) is 4.38. The molecule has 1 unspecified atom stereocenters. The lowest BCUT2D eigenvalue weighted by Gasteiger charge is -2.17. The monoisotopic (exact) mass is 323 g/mol. The lowest BCUT2D eigenvalue weighted by molar-refractivity contribution is -0.123. The standard InChI is InChI=1S/C21H25NO2/c1-16(17-7-3-2-4-8-17)14-22-21(23)15-24-20-12-11-18-9-5-6-10-19(18)13-20/h2-4,7-8,11-13,16H,5-6,9-10,14-15H2,1H3,(H,22,23). The zero-order valence-electron chi connectivity index (χ0n) is 14.3. The summed E-state index contributed by atoms with van der Waals surface area (Å²) in [5.74, 6) is 1.01. The SMILES string of the molecule is CC(CNC(=O)COc1ccc2c(c1)CCCC2)c1ccccc1. The summed E-state index contributed by atoms with van der Waals surface area (Å²) in [6, 6.07) is 16.4. The van der Waals surface area contributed by atoms with Crippen molar-refractivity contribution in [2.75, 3.05) is 13.2 Å². The number of carbonyl (C=O) groups is 1. The maximum Gasteiger partial charge on any atom is 0.257 e. The lowest BCUT2D eigenvalue weighted by atomic mass is 9.92. The minimum absolute atomic E-state index is 0.0697. The van der Waals surface area contributed by atoms with E-state index in [0.29, 0.717) is 12.5 Å². The van der Waals surface area contributed by atoms with E-state index in [-0.39, 0.29) is 12.5 Å². The predicted octanol–water partition coefficient (Wildman–Crippen LogP) is 3.86. The van der Waals surface area contributed by atoms with Crippen molar-refractivity contribution >= 4 is 5.91 Å². The number of carbonyl (C=O) groups excluding carboxylic acids is 1. The van der Waals surface area contributed by atoms with E-state index in [1.807, 2.05) is 24.3 Å². The van der Waals surface area contributed by atoms with Gasteiger partial charge in [0.2, 0.25) is 0 Å². The van der Waals surface area contributed by atoms with Crippen LogP contribution < -0.4 is 10.1 Å². The summed E-state index contributed by atoms with van der Waals surface area (Å²) in [5, 5.41) is 2.95. The van der Waals surface area contributed by atoms with Crippen LogP contribution in [0.3, 0.4) is 0 Å². The van der Waals surface area contributed by atoms with Crippen molar-refractivity contribution in [1.29, 1.82) is 0 Å². The van der Waals surface area contributed by atoms with Crippen LogP contribution in [0.4, 0.5) is 0 Å². The van der Waals surface area contributed by atoms with Gasteiger partial charge in [0, 0.05) is 6.54 Å². The fourth-order valence-corrected chi connectivity index (χ4v) is 3.17. The van der Waals surface area contributed by atoms with Crippen LogP contribution in [0.2, 0.25) is 0 Å². The fraction of sp³-hybridized carbons (Fsp3) is 0.381. The van der Waals surface area contributed by atoms with E-state index in [9.17, 15) is 4.79 Å². The topological polar surface area (TPSA) is 38.3 Å². The van der Waals surface area contributed by atoms with Gasteiger partial charge < -0.3 is 10.1 Å². The number of ether oxygens (including phenoxy) is 1. The van der Waals surface area contributed by atoms with Gasteiger partial charge in [-0.1, -0.05) is 43.3 Å². The molecule has 0 bridgehead atoms. The predicted molar refractivity (Wildman–Crippen MR) is 96.4 cm³/mol. The molecule has 1 aliphatic carbocycles. The first-order valence-corrected chi connectivity index (χ1v) is 8.78. The zero-order valence-corrected chi connectivity index (χ0v) is 14.3. The Balaban J connectivity index is 1.46. The first kappa shape index (κ1) is 16.6. The average molecular weight is 323 g/mol. The summed E-state index contributed by atoms with van der Waals surface area (Å²) in [5.41, 5.74) is 4.03. The second-order valence-electron chi connectivity index (χ2n) is 6.54. The van der Waals surface area contributed by atoms with E-state index in [0.717, 1.165) is 18.6 Å². The van der Waals surface area contributed by atoms with E-state index in [2.05, 4.69) is 36.5 Å². The molecule has 0 radical (unpaired) electrons. The van der Waals surface area contributed by atoms with Gasteiger partial charge in [-0.15, -0.1) is 0 Å². The van der Waals surface area contributed by atoms with E-state index in [4.69, 9.17) is 4.74 Å². The van der Waals surface area contributed by atoms with E-state index in [1.165, 1.54) is 29.5 Å². The number of fused-ring (bicyclic) bond motifs is 1. The summed E-state index contributed by atoms with van der Waals surface area (Å²) < 4.78 is 5.66. The van der Waals surface area contributed by atoms with Gasteiger partial charge in [-0.2, -0.15) is 0 Å². The molecule has 0 aromatic heterocycles. The third-order valence-corrected chi connectivity index (χ3v) is 4.66. The van der Waals surface area contributed by atoms with E-state index >= 15 is 0 Å². The Labute approximate surface area is 144 Å². The van der Waals surface area contributed by atoms with Gasteiger partial charge in [-0.05, 0) is 60.4 Å². The maximum atomic E-state index is 12.0. The zero-order chi connectivity index (χ0) is 16.8. The highest BCUT2D eigenvalue weighted by Gasteiger charge is 2.11. The smallest absolute Gasteiger partial charge is 0.257 e. The molecule has 1 atom stereocenters. The van der Waals surface area contributed by atoms with Crippen LogP contribution in [0.5, 0.6) is 5.75 Å². The molecule has 0 saturated carbocycles. The van der Waals surface area contributed by atoms with Crippen LogP contribution in [-0.2, 0) is 17.6 Å². The summed E-state index contributed by atoms with van der Waals surface area (Å²) in [7, 11) is 0. The lowest BCUT2D eigenvalue weighted by Crippen LogP contribution is -2.31. The summed E-state index contributed by atoms with van der Waals surface area (Å²) in [6.07, 6.45) is 4.80. The molecule has 2 aromatic carbocycles. The Morgan fingerprint density at radius 1 is 1.08 bits per heavy atom. The number of aryl methyl sites for hydroxylation is 2. The highest BCUT2D eigenvalue weighted by molar-refractivity contribution is 5.77. The van der Waals surface area contributed by atoms with Gasteiger partial charge in [0.25, 0.3) is 5.91 Å². The molecule has 0 fully saturated rings. The van der Waals surface area contributed by atoms with Crippen LogP contribution in [0.15, 0.2) is 48.5 Å². The Kier molecular flexibility index (Phi) is 5.52. The highest BCUT2D eigenvalue weighted by Crippen LogP contribution is 2.25. The second-order valence-corrected chi connectivity index (χ2v) is 6.54. The van der Waals surface area contributed by atoms with Crippen molar-refractivity contribution in [3.8, 4) is 5.75 Å². The van der Waals surface area contributed by atoms with Crippen LogP contribution >= 0.6 is 0 Å². The van der Waals surface area contributed by atoms with Gasteiger partial charge in [0.15, 0.2) is 6.61 Å². The molecule has 1 aliphatic rings. The van der Waals surface area contributed by atoms with Crippen molar-refractivity contribution in [1.82, 2.24) is 5.32 Å². The molecule has 1 N–H and O–H groups in total. The number of hydrogen-bond acceptors (Lipinski definition) is 2. The van der Waals surface area contributed by atoms with Crippen LogP contribution in [0.25, 0.3) is 0 Å². The van der Waals surface area contributed by atoms with Crippen LogP contribution in [0, 0.1) is 0 Å². The van der Waals surface area contributed by atoms with Gasteiger partial charge in [0.05, 0.1) is 0 Å². The molecule has 3 nitrogen and oxygen atoms in total. The molecule has 126 valence electrons. The third-order valence-electron chi connectivity index (χ3n) is 4.66. The minimum atomic E-state index is -0.0736. The molecule has 1 amide bonds. The molecule has 0 spiro atoms. The number of benzene rings is 2. The first-order chi connectivity index (χ1) is 11.7. The molecule has 24 heavy (non-hydrogen) atoms. The molecule has 0 saturated heterocycles. The Bertz CT molecular complexity index is 681. The quantitative estimate of drug-likeness (QED) is 0.876. The molecule has 2 aromatic rings. The summed E-state index contributed by atoms with van der Waals surface area (Å²) >= 11 is 0. The normalized spacial score (nSPS) is 14.5.